The van der Waals surface area contributed by atoms with E-state index < -0.39 is 0 Å². The van der Waals surface area contributed by atoms with Crippen molar-refractivity contribution in [2.24, 2.45) is 0 Å². The molecule has 0 aromatic rings. The van der Waals surface area contributed by atoms with E-state index in [1.54, 1.807) is 13.0 Å². The lowest BCUT2D eigenvalue weighted by Crippen LogP contribution is -2.30. The normalized spacial score (nSPS) is 12.2. The van der Waals surface area contributed by atoms with E-state index in [1.165, 1.54) is 0 Å². The van der Waals surface area contributed by atoms with Gasteiger partial charge in [0.1, 0.15) is 0 Å². The molecule has 11 heavy (non-hydrogen) atoms. The molecule has 0 radical (unpaired) electrons. The van der Waals surface area contributed by atoms with Crippen molar-refractivity contribution in [1.82, 2.24) is 5.32 Å². The summed E-state index contributed by atoms with van der Waals surface area (Å²) in [4.78, 5) is 10.7. The molecule has 1 unspecified atom stereocenters. The summed E-state index contributed by atoms with van der Waals surface area (Å²) >= 11 is 0. The minimum atomic E-state index is -0.221. The highest BCUT2D eigenvalue weighted by atomic mass is 16.5. The van der Waals surface area contributed by atoms with Crippen molar-refractivity contribution in [3.8, 4) is 0 Å². The fourth-order valence-electron chi connectivity index (χ4n) is 0.540. The molecule has 0 heterocycles. The van der Waals surface area contributed by atoms with Crippen LogP contribution in [0, 0.1) is 0 Å². The second kappa shape index (κ2) is 5.92. The highest BCUT2D eigenvalue weighted by Gasteiger charge is 2.01. The Hall–Kier alpha value is -0.830. The molecule has 0 aliphatic heterocycles. The molecule has 0 saturated carbocycles. The molecular formula is C8H15NO2. The first-order chi connectivity index (χ1) is 5.20. The molecule has 0 rings (SSSR count). The predicted octanol–water partition coefficient (Wildman–Crippen LogP) is 0.714. The second-order valence-electron chi connectivity index (χ2n) is 2.21. The summed E-state index contributed by atoms with van der Waals surface area (Å²) in [6, 6.07) is 0.152. The predicted molar refractivity (Wildman–Crippen MR) is 44.3 cm³/mol. The van der Waals surface area contributed by atoms with Crippen LogP contribution in [0.5, 0.6) is 0 Å². The Morgan fingerprint density at radius 2 is 2.45 bits per heavy atom. The number of nitrogens with one attached hydrogen (secondary N) is 1. The minimum absolute atomic E-state index is 0.152. The zero-order chi connectivity index (χ0) is 8.69. The lowest BCUT2D eigenvalue weighted by atomic mass is 10.3. The van der Waals surface area contributed by atoms with Crippen molar-refractivity contribution in [2.45, 2.75) is 19.9 Å². The smallest absolute Gasteiger partial charge is 0.319 e. The van der Waals surface area contributed by atoms with Crippen molar-refractivity contribution in [2.75, 3.05) is 13.2 Å². The first-order valence-corrected chi connectivity index (χ1v) is 3.72. The van der Waals surface area contributed by atoms with Gasteiger partial charge in [0.2, 0.25) is 0 Å². The van der Waals surface area contributed by atoms with E-state index in [0.717, 1.165) is 0 Å². The van der Waals surface area contributed by atoms with E-state index in [1.807, 2.05) is 6.92 Å². The molecular weight excluding hydrogens is 142 g/mol. The molecule has 64 valence electrons. The molecule has 0 saturated heterocycles. The van der Waals surface area contributed by atoms with Crippen LogP contribution in [-0.2, 0) is 9.53 Å². The van der Waals surface area contributed by atoms with Gasteiger partial charge >= 0.3 is 5.97 Å². The lowest BCUT2D eigenvalue weighted by molar-refractivity contribution is -0.142. The fraction of sp³-hybridized carbons (Fsp3) is 0.625. The Bertz CT molecular complexity index is 134. The molecule has 0 aromatic heterocycles. The molecule has 0 bridgehead atoms. The Kier molecular flexibility index (Phi) is 5.47. The number of esters is 1. The number of carbonyl (C=O) groups is 1. The zero-order valence-electron chi connectivity index (χ0n) is 7.09. The maximum absolute atomic E-state index is 10.7. The van der Waals surface area contributed by atoms with Crippen molar-refractivity contribution in [1.29, 1.82) is 0 Å². The first-order valence-electron chi connectivity index (χ1n) is 3.72. The van der Waals surface area contributed by atoms with Gasteiger partial charge in [0.05, 0.1) is 13.2 Å². The average molecular weight is 157 g/mol. The third kappa shape index (κ3) is 5.61. The third-order valence-electron chi connectivity index (χ3n) is 1.23. The van der Waals surface area contributed by atoms with Crippen molar-refractivity contribution in [3.05, 3.63) is 12.7 Å². The molecule has 0 amide bonds. The third-order valence-corrected chi connectivity index (χ3v) is 1.23. The maximum Gasteiger partial charge on any atom is 0.319 e. The number of hydrogen-bond acceptors (Lipinski definition) is 3. The second-order valence-corrected chi connectivity index (χ2v) is 2.21. The van der Waals surface area contributed by atoms with Crippen LogP contribution in [0.4, 0.5) is 0 Å². The Balaban J connectivity index is 3.37. The van der Waals surface area contributed by atoms with Crippen LogP contribution >= 0.6 is 0 Å². The number of hydrogen-bond donors (Lipinski definition) is 1. The fourth-order valence-corrected chi connectivity index (χ4v) is 0.540. The van der Waals surface area contributed by atoms with E-state index in [4.69, 9.17) is 4.74 Å². The van der Waals surface area contributed by atoms with Crippen LogP contribution in [-0.4, -0.2) is 25.2 Å². The van der Waals surface area contributed by atoms with Gasteiger partial charge in [-0.25, -0.2) is 0 Å². The molecule has 0 aliphatic rings. The molecule has 0 spiro atoms. The summed E-state index contributed by atoms with van der Waals surface area (Å²) in [7, 11) is 0. The van der Waals surface area contributed by atoms with E-state index >= 15 is 0 Å². The van der Waals surface area contributed by atoms with Gasteiger partial charge < -0.3 is 10.1 Å². The quantitative estimate of drug-likeness (QED) is 0.472. The summed E-state index contributed by atoms with van der Waals surface area (Å²) in [5.41, 5.74) is 0. The van der Waals surface area contributed by atoms with Gasteiger partial charge in [0, 0.05) is 6.04 Å². The number of rotatable bonds is 5. The Morgan fingerprint density at radius 1 is 1.82 bits per heavy atom. The minimum Gasteiger partial charge on any atom is -0.465 e. The van der Waals surface area contributed by atoms with E-state index in [2.05, 4.69) is 11.9 Å². The van der Waals surface area contributed by atoms with Gasteiger partial charge in [-0.1, -0.05) is 6.08 Å². The van der Waals surface area contributed by atoms with Crippen molar-refractivity contribution in [3.63, 3.8) is 0 Å². The first kappa shape index (κ1) is 10.2. The largest absolute Gasteiger partial charge is 0.465 e. The van der Waals surface area contributed by atoms with Gasteiger partial charge in [-0.05, 0) is 13.8 Å². The summed E-state index contributed by atoms with van der Waals surface area (Å²) in [5.74, 6) is -0.221. The Morgan fingerprint density at radius 3 is 2.91 bits per heavy atom. The van der Waals surface area contributed by atoms with Crippen LogP contribution in [0.1, 0.15) is 13.8 Å². The van der Waals surface area contributed by atoms with Crippen LogP contribution in [0.15, 0.2) is 12.7 Å². The molecule has 3 nitrogen and oxygen atoms in total. The molecule has 3 heteroatoms. The summed E-state index contributed by atoms with van der Waals surface area (Å²) in [6.45, 7) is 7.96. The summed E-state index contributed by atoms with van der Waals surface area (Å²) in [6.07, 6.45) is 1.74. The summed E-state index contributed by atoms with van der Waals surface area (Å²) < 4.78 is 4.70. The van der Waals surface area contributed by atoms with Gasteiger partial charge in [0.25, 0.3) is 0 Å². The lowest BCUT2D eigenvalue weighted by Gasteiger charge is -2.07. The SMILES string of the molecule is C=CC(C)NCC(=O)OCC. The molecule has 0 aliphatic carbocycles. The van der Waals surface area contributed by atoms with Gasteiger partial charge in [0.15, 0.2) is 0 Å². The standard InChI is InChI=1S/C8H15NO2/c1-4-7(3)9-6-8(10)11-5-2/h4,7,9H,1,5-6H2,2-3H3. The molecule has 0 fully saturated rings. The Labute approximate surface area is 67.4 Å². The monoisotopic (exact) mass is 157 g/mol. The van der Waals surface area contributed by atoms with E-state index in [9.17, 15) is 4.79 Å². The summed E-state index contributed by atoms with van der Waals surface area (Å²) in [5, 5.41) is 2.92. The van der Waals surface area contributed by atoms with Crippen LogP contribution in [0.3, 0.4) is 0 Å². The number of carbonyl (C=O) groups excluding carboxylic acids is 1. The zero-order valence-corrected chi connectivity index (χ0v) is 7.09. The van der Waals surface area contributed by atoms with E-state index in [-0.39, 0.29) is 18.6 Å². The highest BCUT2D eigenvalue weighted by molar-refractivity contribution is 5.71. The van der Waals surface area contributed by atoms with Crippen molar-refractivity contribution >= 4 is 5.97 Å². The van der Waals surface area contributed by atoms with E-state index in [0.29, 0.717) is 6.61 Å². The number of ether oxygens (including phenoxy) is 1. The van der Waals surface area contributed by atoms with Gasteiger partial charge in [-0.2, -0.15) is 0 Å². The maximum atomic E-state index is 10.7. The average Bonchev–Trinajstić information content (AvgIpc) is 2.01. The van der Waals surface area contributed by atoms with Crippen molar-refractivity contribution < 1.29 is 9.53 Å². The van der Waals surface area contributed by atoms with Crippen LogP contribution in [0.2, 0.25) is 0 Å². The van der Waals surface area contributed by atoms with Crippen LogP contribution < -0.4 is 5.32 Å². The van der Waals surface area contributed by atoms with Gasteiger partial charge in [-0.15, -0.1) is 6.58 Å². The molecule has 0 aromatic carbocycles. The van der Waals surface area contributed by atoms with Gasteiger partial charge in [-0.3, -0.25) is 4.79 Å². The molecule has 1 atom stereocenters. The topological polar surface area (TPSA) is 38.3 Å². The molecule has 1 N–H and O–H groups in total. The van der Waals surface area contributed by atoms with Crippen LogP contribution in [0.25, 0.3) is 0 Å². The highest BCUT2D eigenvalue weighted by Crippen LogP contribution is 1.81.